The monoisotopic (exact) mass is 226 g/mol. The van der Waals surface area contributed by atoms with Gasteiger partial charge < -0.3 is 9.84 Å². The number of hydrogen-bond donors (Lipinski definition) is 1. The third-order valence-corrected chi connectivity index (χ3v) is 0.341. The van der Waals surface area contributed by atoms with Gasteiger partial charge in [-0.2, -0.15) is 0 Å². The summed E-state index contributed by atoms with van der Waals surface area (Å²) in [7, 11) is 1.45. The third kappa shape index (κ3) is 537. The summed E-state index contributed by atoms with van der Waals surface area (Å²) in [5.74, 6) is 0. The van der Waals surface area contributed by atoms with Crippen molar-refractivity contribution in [3.63, 3.8) is 0 Å². The molecule has 102 valence electrons. The summed E-state index contributed by atoms with van der Waals surface area (Å²) in [6.45, 7) is 21.6. The van der Waals surface area contributed by atoms with Crippen LogP contribution in [-0.4, -0.2) is 18.5 Å². The van der Waals surface area contributed by atoms with Gasteiger partial charge in [-0.05, 0) is 6.92 Å². The number of ether oxygens (including phenoxy) is 1. The maximum absolute atomic E-state index is 8.14. The molecule has 1 atom stereocenters. The fraction of sp³-hybridized carbons (Fsp3) is 1.00. The Morgan fingerprint density at radius 3 is 0.733 bits per heavy atom. The van der Waals surface area contributed by atoms with Crippen molar-refractivity contribution in [2.75, 3.05) is 7.11 Å². The lowest BCUT2D eigenvalue weighted by Crippen LogP contribution is -1.99. The van der Waals surface area contributed by atoms with Gasteiger partial charge in [0.2, 0.25) is 0 Å². The zero-order valence-corrected chi connectivity index (χ0v) is 13.4. The van der Waals surface area contributed by atoms with Crippen molar-refractivity contribution < 1.29 is 9.84 Å². The smallest absolute Gasteiger partial charge is 0.151 e. The quantitative estimate of drug-likeness (QED) is 0.630. The van der Waals surface area contributed by atoms with Crippen LogP contribution in [0.15, 0.2) is 0 Å². The molecule has 0 aliphatic rings. The van der Waals surface area contributed by atoms with Crippen molar-refractivity contribution in [3.05, 3.63) is 0 Å². The van der Waals surface area contributed by atoms with E-state index >= 15 is 0 Å². The Labute approximate surface area is 100 Å². The molecule has 0 aliphatic heterocycles. The molecule has 0 bridgehead atoms. The van der Waals surface area contributed by atoms with Gasteiger partial charge >= 0.3 is 0 Å². The predicted octanol–water partition coefficient (Wildman–Crippen LogP) is 5.10. The van der Waals surface area contributed by atoms with Crippen LogP contribution in [0.1, 0.15) is 76.2 Å². The summed E-state index contributed by atoms with van der Waals surface area (Å²) in [4.78, 5) is 0. The van der Waals surface area contributed by atoms with Crippen molar-refractivity contribution >= 4 is 0 Å². The normalized spacial score (nSPS) is 7.00. The average molecular weight is 226 g/mol. The van der Waals surface area contributed by atoms with Crippen LogP contribution in [0, 0.1) is 0 Å². The Kier molecular flexibility index (Phi) is 366. The molecule has 1 unspecified atom stereocenters. The maximum Gasteiger partial charge on any atom is 0.151 e. The molecule has 0 rings (SSSR count). The Hall–Kier alpha value is -0.0800. The molecule has 0 radical (unpaired) electrons. The lowest BCUT2D eigenvalue weighted by molar-refractivity contribution is -0.0583. The minimum Gasteiger partial charge on any atom is -0.368 e. The fourth-order valence-corrected chi connectivity index (χ4v) is 0. The maximum atomic E-state index is 8.14. The highest BCUT2D eigenvalue weighted by molar-refractivity contribution is 4.10. The van der Waals surface area contributed by atoms with Gasteiger partial charge in [-0.3, -0.25) is 0 Å². The van der Waals surface area contributed by atoms with Crippen molar-refractivity contribution in [2.45, 2.75) is 82.5 Å². The van der Waals surface area contributed by atoms with Crippen LogP contribution in [0.25, 0.3) is 0 Å². The lowest BCUT2D eigenvalue weighted by atomic mass is 10.8. The summed E-state index contributed by atoms with van der Waals surface area (Å²) in [5, 5.41) is 8.14. The van der Waals surface area contributed by atoms with Gasteiger partial charge in [0.25, 0.3) is 0 Å². The first-order valence-corrected chi connectivity index (χ1v) is 6.48. The molecule has 0 amide bonds. The van der Waals surface area contributed by atoms with E-state index in [-0.39, 0.29) is 0 Å². The van der Waals surface area contributed by atoms with Crippen molar-refractivity contribution in [1.29, 1.82) is 0 Å². The summed E-state index contributed by atoms with van der Waals surface area (Å²) in [6.07, 6.45) is -0.616. The second kappa shape index (κ2) is 151. The Balaban J connectivity index is -0.0000000177. The van der Waals surface area contributed by atoms with E-state index in [1.165, 1.54) is 7.11 Å². The molecule has 2 nitrogen and oxygen atoms in total. The first-order valence-electron chi connectivity index (χ1n) is 6.48. The van der Waals surface area contributed by atoms with Gasteiger partial charge in [0.1, 0.15) is 0 Å². The van der Waals surface area contributed by atoms with Crippen LogP contribution in [0.3, 0.4) is 0 Å². The van der Waals surface area contributed by atoms with Gasteiger partial charge in [0.15, 0.2) is 6.29 Å². The number of rotatable bonds is 1. The van der Waals surface area contributed by atoms with Crippen molar-refractivity contribution in [1.82, 2.24) is 0 Å². The van der Waals surface area contributed by atoms with E-state index in [9.17, 15) is 0 Å². The molecule has 0 aromatic carbocycles. The topological polar surface area (TPSA) is 29.5 Å². The van der Waals surface area contributed by atoms with Gasteiger partial charge in [-0.1, -0.05) is 69.2 Å². The third-order valence-electron chi connectivity index (χ3n) is 0.341. The van der Waals surface area contributed by atoms with E-state index in [0.717, 1.165) is 0 Å². The van der Waals surface area contributed by atoms with Gasteiger partial charge in [-0.25, -0.2) is 0 Å². The summed E-state index contributed by atoms with van der Waals surface area (Å²) >= 11 is 0. The van der Waals surface area contributed by atoms with Crippen LogP contribution >= 0.6 is 0 Å². The molecule has 0 heterocycles. The van der Waals surface area contributed by atoms with Crippen LogP contribution in [0.2, 0.25) is 0 Å². The molecular formula is C13H38O2. The Bertz CT molecular complexity index is 22.5. The molecule has 0 aromatic heterocycles. The van der Waals surface area contributed by atoms with E-state index in [4.69, 9.17) is 5.11 Å². The second-order valence-corrected chi connectivity index (χ2v) is 0.835. The second-order valence-electron chi connectivity index (χ2n) is 0.835. The zero-order valence-electron chi connectivity index (χ0n) is 13.4. The Morgan fingerprint density at radius 2 is 0.733 bits per heavy atom. The number of methoxy groups -OCH3 is 1. The van der Waals surface area contributed by atoms with Crippen molar-refractivity contribution in [3.8, 4) is 0 Å². The predicted molar refractivity (Wildman–Crippen MR) is 75.4 cm³/mol. The molecule has 0 aliphatic carbocycles. The molecule has 0 saturated carbocycles. The molecule has 0 spiro atoms. The van der Waals surface area contributed by atoms with E-state index in [2.05, 4.69) is 4.74 Å². The molecule has 1 N–H and O–H groups in total. The summed E-state index contributed by atoms with van der Waals surface area (Å²) < 4.78 is 4.31. The summed E-state index contributed by atoms with van der Waals surface area (Å²) in [5.41, 5.74) is 0. The highest BCUT2D eigenvalue weighted by atomic mass is 16.6. The minimum atomic E-state index is -0.616. The standard InChI is InChI=1S/C3H8O2.5C2H6/c1-3(4)5-2;5*1-2/h3-4H,1-2H3;5*1-2H3. The Morgan fingerprint density at radius 1 is 0.667 bits per heavy atom. The molecule has 15 heavy (non-hydrogen) atoms. The first kappa shape index (κ1) is 36.3. The number of aliphatic hydroxyl groups excluding tert-OH is 1. The zero-order chi connectivity index (χ0) is 14.3. The highest BCUT2D eigenvalue weighted by Crippen LogP contribution is 1.72. The highest BCUT2D eigenvalue weighted by Gasteiger charge is 1.80. The van der Waals surface area contributed by atoms with Crippen LogP contribution < -0.4 is 0 Å². The molecular weight excluding hydrogens is 188 g/mol. The van der Waals surface area contributed by atoms with Crippen LogP contribution in [-0.2, 0) is 4.74 Å². The van der Waals surface area contributed by atoms with Gasteiger partial charge in [-0.15, -0.1) is 0 Å². The van der Waals surface area contributed by atoms with Gasteiger partial charge in [0, 0.05) is 7.11 Å². The van der Waals surface area contributed by atoms with Crippen molar-refractivity contribution in [2.24, 2.45) is 0 Å². The molecule has 0 saturated heterocycles. The van der Waals surface area contributed by atoms with E-state index < -0.39 is 6.29 Å². The fourth-order valence-electron chi connectivity index (χ4n) is 0. The average Bonchev–Trinajstić information content (AvgIpc) is 2.41. The summed E-state index contributed by atoms with van der Waals surface area (Å²) in [6, 6.07) is 0. The number of hydrogen-bond acceptors (Lipinski definition) is 2. The molecule has 2 heteroatoms. The molecule has 0 aromatic rings. The van der Waals surface area contributed by atoms with E-state index in [1.54, 1.807) is 6.92 Å². The van der Waals surface area contributed by atoms with E-state index in [0.29, 0.717) is 0 Å². The van der Waals surface area contributed by atoms with E-state index in [1.807, 2.05) is 69.2 Å². The SMILES string of the molecule is CC.CC.CC.CC.CC.COC(C)O. The molecule has 0 fully saturated rings. The van der Waals surface area contributed by atoms with Gasteiger partial charge in [0.05, 0.1) is 0 Å². The first-order chi connectivity index (χ1) is 7.27. The minimum absolute atomic E-state index is 0.616. The lowest BCUT2D eigenvalue weighted by Gasteiger charge is -1.94. The largest absolute Gasteiger partial charge is 0.368 e. The van der Waals surface area contributed by atoms with Crippen LogP contribution in [0.5, 0.6) is 0 Å². The van der Waals surface area contributed by atoms with Crippen LogP contribution in [0.4, 0.5) is 0 Å². The number of aliphatic hydroxyl groups is 1.